The third-order valence-electron chi connectivity index (χ3n) is 3.19. The van der Waals surface area contributed by atoms with Gasteiger partial charge >= 0.3 is 0 Å². The summed E-state index contributed by atoms with van der Waals surface area (Å²) >= 11 is 0. The van der Waals surface area contributed by atoms with Gasteiger partial charge in [-0.15, -0.1) is 0 Å². The first kappa shape index (κ1) is 13.0. The van der Waals surface area contributed by atoms with Crippen molar-refractivity contribution in [3.05, 3.63) is 0 Å². The largest absolute Gasteiger partial charge is 0.381 e. The number of hydrogen-bond donors (Lipinski definition) is 0. The lowest BCUT2D eigenvalue weighted by molar-refractivity contribution is -0.0386. The van der Waals surface area contributed by atoms with E-state index in [0.29, 0.717) is 12.0 Å². The Bertz CT molecular complexity index is 145. The quantitative estimate of drug-likeness (QED) is 0.605. The fourth-order valence-electron chi connectivity index (χ4n) is 2.28. The van der Waals surface area contributed by atoms with Crippen LogP contribution in [0.4, 0.5) is 0 Å². The summed E-state index contributed by atoms with van der Waals surface area (Å²) in [6.07, 6.45) is 8.07. The summed E-state index contributed by atoms with van der Waals surface area (Å²) in [5, 5.41) is 0. The monoisotopic (exact) mass is 214 g/mol. The SMILES string of the molecule is CCCCOCC1CCCCC1OCC. The van der Waals surface area contributed by atoms with E-state index in [9.17, 15) is 0 Å². The molecule has 0 aromatic carbocycles. The fraction of sp³-hybridized carbons (Fsp3) is 1.00. The molecule has 0 spiro atoms. The highest BCUT2D eigenvalue weighted by molar-refractivity contribution is 4.75. The minimum Gasteiger partial charge on any atom is -0.381 e. The molecule has 0 aromatic rings. The smallest absolute Gasteiger partial charge is 0.0625 e. The minimum absolute atomic E-state index is 0.463. The zero-order valence-corrected chi connectivity index (χ0v) is 10.3. The summed E-state index contributed by atoms with van der Waals surface area (Å²) in [4.78, 5) is 0. The molecule has 0 radical (unpaired) electrons. The Balaban J connectivity index is 2.17. The zero-order valence-electron chi connectivity index (χ0n) is 10.3. The average Bonchev–Trinajstić information content (AvgIpc) is 2.27. The van der Waals surface area contributed by atoms with Gasteiger partial charge in [-0.25, -0.2) is 0 Å². The Morgan fingerprint density at radius 3 is 2.67 bits per heavy atom. The zero-order chi connectivity index (χ0) is 10.9. The van der Waals surface area contributed by atoms with E-state index in [0.717, 1.165) is 19.8 Å². The van der Waals surface area contributed by atoms with Gasteiger partial charge in [-0.3, -0.25) is 0 Å². The molecule has 0 aliphatic heterocycles. The normalized spacial score (nSPS) is 26.8. The molecule has 0 amide bonds. The van der Waals surface area contributed by atoms with Gasteiger partial charge in [-0.05, 0) is 26.2 Å². The maximum Gasteiger partial charge on any atom is 0.0625 e. The lowest BCUT2D eigenvalue weighted by Crippen LogP contribution is -2.31. The molecule has 2 unspecified atom stereocenters. The van der Waals surface area contributed by atoms with Gasteiger partial charge in [-0.1, -0.05) is 26.2 Å². The van der Waals surface area contributed by atoms with Crippen LogP contribution >= 0.6 is 0 Å². The molecule has 2 nitrogen and oxygen atoms in total. The molecule has 1 aliphatic carbocycles. The second-order valence-electron chi connectivity index (χ2n) is 4.47. The minimum atomic E-state index is 0.463. The van der Waals surface area contributed by atoms with Crippen molar-refractivity contribution in [3.8, 4) is 0 Å². The van der Waals surface area contributed by atoms with Crippen LogP contribution in [-0.4, -0.2) is 25.9 Å². The molecule has 1 saturated carbocycles. The highest BCUT2D eigenvalue weighted by atomic mass is 16.5. The van der Waals surface area contributed by atoms with Crippen molar-refractivity contribution >= 4 is 0 Å². The second-order valence-corrected chi connectivity index (χ2v) is 4.47. The summed E-state index contributed by atoms with van der Waals surface area (Å²) in [5.74, 6) is 0.649. The molecule has 0 bridgehead atoms. The Morgan fingerprint density at radius 1 is 1.13 bits per heavy atom. The molecule has 0 saturated heterocycles. The maximum atomic E-state index is 5.77. The highest BCUT2D eigenvalue weighted by Gasteiger charge is 2.25. The third kappa shape index (κ3) is 4.98. The molecule has 1 aliphatic rings. The molecule has 0 aromatic heterocycles. The molecule has 1 fully saturated rings. The maximum absolute atomic E-state index is 5.77. The van der Waals surface area contributed by atoms with Crippen molar-refractivity contribution in [2.75, 3.05) is 19.8 Å². The Morgan fingerprint density at radius 2 is 1.93 bits per heavy atom. The lowest BCUT2D eigenvalue weighted by atomic mass is 9.87. The van der Waals surface area contributed by atoms with Gasteiger partial charge < -0.3 is 9.47 Å². The van der Waals surface area contributed by atoms with E-state index < -0.39 is 0 Å². The molecular weight excluding hydrogens is 188 g/mol. The van der Waals surface area contributed by atoms with Gasteiger partial charge in [0, 0.05) is 19.1 Å². The summed E-state index contributed by atoms with van der Waals surface area (Å²) in [7, 11) is 0. The van der Waals surface area contributed by atoms with Crippen molar-refractivity contribution in [1.82, 2.24) is 0 Å². The summed E-state index contributed by atoms with van der Waals surface area (Å²) in [5.41, 5.74) is 0. The van der Waals surface area contributed by atoms with E-state index in [1.807, 2.05) is 0 Å². The van der Waals surface area contributed by atoms with Crippen molar-refractivity contribution in [3.63, 3.8) is 0 Å². The standard InChI is InChI=1S/C13H26O2/c1-3-5-10-14-11-12-8-6-7-9-13(12)15-4-2/h12-13H,3-11H2,1-2H3. The molecule has 90 valence electrons. The van der Waals surface area contributed by atoms with Crippen LogP contribution in [0, 0.1) is 5.92 Å². The van der Waals surface area contributed by atoms with E-state index in [1.54, 1.807) is 0 Å². The van der Waals surface area contributed by atoms with Crippen LogP contribution in [0.1, 0.15) is 52.4 Å². The average molecular weight is 214 g/mol. The van der Waals surface area contributed by atoms with Crippen molar-refractivity contribution in [2.45, 2.75) is 58.5 Å². The van der Waals surface area contributed by atoms with Gasteiger partial charge in [0.05, 0.1) is 12.7 Å². The highest BCUT2D eigenvalue weighted by Crippen LogP contribution is 2.27. The second kappa shape index (κ2) is 8.12. The van der Waals surface area contributed by atoms with Crippen LogP contribution in [0.25, 0.3) is 0 Å². The van der Waals surface area contributed by atoms with E-state index >= 15 is 0 Å². The predicted molar refractivity (Wildman–Crippen MR) is 63.1 cm³/mol. The number of hydrogen-bond acceptors (Lipinski definition) is 2. The van der Waals surface area contributed by atoms with Crippen molar-refractivity contribution in [2.24, 2.45) is 5.92 Å². The number of unbranched alkanes of at least 4 members (excludes halogenated alkanes) is 1. The third-order valence-corrected chi connectivity index (χ3v) is 3.19. The van der Waals surface area contributed by atoms with Gasteiger partial charge in [-0.2, -0.15) is 0 Å². The predicted octanol–water partition coefficient (Wildman–Crippen LogP) is 3.40. The Labute approximate surface area is 94.3 Å². The molecule has 1 rings (SSSR count). The van der Waals surface area contributed by atoms with E-state index in [2.05, 4.69) is 13.8 Å². The van der Waals surface area contributed by atoms with Crippen LogP contribution in [0.3, 0.4) is 0 Å². The van der Waals surface area contributed by atoms with E-state index in [4.69, 9.17) is 9.47 Å². The van der Waals surface area contributed by atoms with E-state index in [-0.39, 0.29) is 0 Å². The lowest BCUT2D eigenvalue weighted by Gasteiger charge is -2.31. The Kier molecular flexibility index (Phi) is 7.03. The molecule has 2 atom stereocenters. The van der Waals surface area contributed by atoms with Crippen LogP contribution in [0.5, 0.6) is 0 Å². The van der Waals surface area contributed by atoms with Gasteiger partial charge in [0.25, 0.3) is 0 Å². The van der Waals surface area contributed by atoms with Gasteiger partial charge in [0.2, 0.25) is 0 Å². The molecule has 2 heteroatoms. The summed E-state index contributed by atoms with van der Waals surface area (Å²) < 4.78 is 11.5. The Hall–Kier alpha value is -0.0800. The van der Waals surface area contributed by atoms with Gasteiger partial charge in [0.15, 0.2) is 0 Å². The summed E-state index contributed by atoms with van der Waals surface area (Å²) in [6.45, 7) is 6.96. The van der Waals surface area contributed by atoms with Crippen LogP contribution in [0.15, 0.2) is 0 Å². The van der Waals surface area contributed by atoms with Crippen LogP contribution in [0.2, 0.25) is 0 Å². The molecular formula is C13H26O2. The molecule has 0 N–H and O–H groups in total. The van der Waals surface area contributed by atoms with Crippen LogP contribution < -0.4 is 0 Å². The van der Waals surface area contributed by atoms with Crippen LogP contribution in [-0.2, 0) is 9.47 Å². The topological polar surface area (TPSA) is 18.5 Å². The fourth-order valence-corrected chi connectivity index (χ4v) is 2.28. The van der Waals surface area contributed by atoms with E-state index in [1.165, 1.54) is 38.5 Å². The van der Waals surface area contributed by atoms with Crippen molar-refractivity contribution in [1.29, 1.82) is 0 Å². The number of rotatable bonds is 7. The first-order valence-electron chi connectivity index (χ1n) is 6.57. The van der Waals surface area contributed by atoms with Gasteiger partial charge in [0.1, 0.15) is 0 Å². The first-order valence-corrected chi connectivity index (χ1v) is 6.57. The first-order chi connectivity index (χ1) is 7.38. The number of ether oxygens (including phenoxy) is 2. The summed E-state index contributed by atoms with van der Waals surface area (Å²) in [6, 6.07) is 0. The molecule has 15 heavy (non-hydrogen) atoms. The molecule has 0 heterocycles. The van der Waals surface area contributed by atoms with Crippen molar-refractivity contribution < 1.29 is 9.47 Å².